The van der Waals surface area contributed by atoms with E-state index in [1.165, 1.54) is 0 Å². The van der Waals surface area contributed by atoms with Crippen molar-refractivity contribution in [2.75, 3.05) is 13.6 Å². The highest BCUT2D eigenvalue weighted by Crippen LogP contribution is 2.22. The van der Waals surface area contributed by atoms with E-state index in [4.69, 9.17) is 11.6 Å². The minimum Gasteiger partial charge on any atom is -0.480 e. The Morgan fingerprint density at radius 1 is 1.43 bits per heavy atom. The van der Waals surface area contributed by atoms with Crippen molar-refractivity contribution in [3.05, 3.63) is 52.8 Å². The van der Waals surface area contributed by atoms with Gasteiger partial charge in [-0.3, -0.25) is 14.4 Å². The van der Waals surface area contributed by atoms with Gasteiger partial charge in [-0.25, -0.2) is 0 Å². The lowest BCUT2D eigenvalue weighted by Crippen LogP contribution is -2.32. The molecule has 0 radical (unpaired) electrons. The highest BCUT2D eigenvalue weighted by atomic mass is 35.5. The predicted molar refractivity (Wildman–Crippen MR) is 81.4 cm³/mol. The first-order valence-corrected chi connectivity index (χ1v) is 7.01. The summed E-state index contributed by atoms with van der Waals surface area (Å²) in [7, 11) is 3.67. The van der Waals surface area contributed by atoms with Gasteiger partial charge in [-0.2, -0.15) is 5.10 Å². The van der Waals surface area contributed by atoms with Gasteiger partial charge in [0.2, 0.25) is 0 Å². The van der Waals surface area contributed by atoms with Crippen molar-refractivity contribution in [2.24, 2.45) is 7.05 Å². The Bertz CT molecular complexity index is 610. The molecule has 5 nitrogen and oxygen atoms in total. The maximum atomic E-state index is 11.6. The number of aliphatic carboxylic acids is 1. The van der Waals surface area contributed by atoms with E-state index in [2.05, 4.69) is 5.10 Å². The van der Waals surface area contributed by atoms with Gasteiger partial charge in [-0.05, 0) is 36.7 Å². The summed E-state index contributed by atoms with van der Waals surface area (Å²) >= 11 is 5.85. The molecule has 0 aliphatic carbocycles. The zero-order chi connectivity index (χ0) is 15.4. The molecule has 1 N–H and O–H groups in total. The predicted octanol–water partition coefficient (Wildman–Crippen LogP) is 2.37. The minimum atomic E-state index is -0.869. The number of rotatable bonds is 6. The SMILES string of the molecule is CN(CCc1cnn(C)c1)[C@H](C(=O)O)c1ccc(Cl)cc1. The van der Waals surface area contributed by atoms with Crippen LogP contribution in [0.4, 0.5) is 0 Å². The molecule has 0 saturated heterocycles. The average Bonchev–Trinajstić information content (AvgIpc) is 2.84. The first-order chi connectivity index (χ1) is 9.97. The Morgan fingerprint density at radius 3 is 2.62 bits per heavy atom. The molecule has 1 aromatic carbocycles. The van der Waals surface area contributed by atoms with Gasteiger partial charge >= 0.3 is 5.97 Å². The molecule has 2 rings (SSSR count). The lowest BCUT2D eigenvalue weighted by molar-refractivity contribution is -0.143. The third kappa shape index (κ3) is 4.06. The summed E-state index contributed by atoms with van der Waals surface area (Å²) in [6.45, 7) is 0.630. The van der Waals surface area contributed by atoms with Crippen LogP contribution < -0.4 is 0 Å². The van der Waals surface area contributed by atoms with Gasteiger partial charge in [0.1, 0.15) is 6.04 Å². The molecule has 0 aliphatic heterocycles. The first kappa shape index (κ1) is 15.5. The van der Waals surface area contributed by atoms with Crippen molar-refractivity contribution < 1.29 is 9.90 Å². The van der Waals surface area contributed by atoms with Crippen molar-refractivity contribution in [1.29, 1.82) is 0 Å². The summed E-state index contributed by atoms with van der Waals surface area (Å²) in [5.41, 5.74) is 1.81. The molecule has 0 aliphatic rings. The standard InChI is InChI=1S/C15H18ClN3O2/c1-18(8-7-11-9-17-19(2)10-11)14(15(20)21)12-3-5-13(16)6-4-12/h3-6,9-10,14H,7-8H2,1-2H3,(H,20,21)/t14-/m0/s1. The smallest absolute Gasteiger partial charge is 0.325 e. The van der Waals surface area contributed by atoms with Gasteiger partial charge in [0, 0.05) is 24.8 Å². The second kappa shape index (κ2) is 6.74. The van der Waals surface area contributed by atoms with Crippen LogP contribution in [0.2, 0.25) is 5.02 Å². The van der Waals surface area contributed by atoms with Gasteiger partial charge in [-0.1, -0.05) is 23.7 Å². The molecule has 21 heavy (non-hydrogen) atoms. The number of hydrogen-bond acceptors (Lipinski definition) is 3. The van der Waals surface area contributed by atoms with Gasteiger partial charge in [0.15, 0.2) is 0 Å². The zero-order valence-corrected chi connectivity index (χ0v) is 12.8. The number of carboxylic acids is 1. The van der Waals surface area contributed by atoms with E-state index in [-0.39, 0.29) is 0 Å². The largest absolute Gasteiger partial charge is 0.480 e. The van der Waals surface area contributed by atoms with E-state index < -0.39 is 12.0 Å². The molecule has 1 aromatic heterocycles. The molecule has 0 amide bonds. The molecule has 2 aromatic rings. The van der Waals surface area contributed by atoms with Crippen molar-refractivity contribution in [1.82, 2.24) is 14.7 Å². The number of benzene rings is 1. The van der Waals surface area contributed by atoms with Crippen LogP contribution in [-0.2, 0) is 18.3 Å². The summed E-state index contributed by atoms with van der Waals surface area (Å²) in [5, 5.41) is 14.2. The van der Waals surface area contributed by atoms with Crippen molar-refractivity contribution in [2.45, 2.75) is 12.5 Å². The Kier molecular flexibility index (Phi) is 4.98. The normalized spacial score (nSPS) is 12.6. The molecule has 0 unspecified atom stereocenters. The fourth-order valence-corrected chi connectivity index (χ4v) is 2.39. The van der Waals surface area contributed by atoms with Crippen LogP contribution >= 0.6 is 11.6 Å². The van der Waals surface area contributed by atoms with E-state index in [9.17, 15) is 9.90 Å². The Hall–Kier alpha value is -1.85. The van der Waals surface area contributed by atoms with Crippen LogP contribution in [0.1, 0.15) is 17.2 Å². The lowest BCUT2D eigenvalue weighted by Gasteiger charge is -2.24. The van der Waals surface area contributed by atoms with Crippen LogP contribution in [0, 0.1) is 0 Å². The van der Waals surface area contributed by atoms with Crippen LogP contribution in [0.3, 0.4) is 0 Å². The van der Waals surface area contributed by atoms with Gasteiger partial charge in [0.25, 0.3) is 0 Å². The number of aryl methyl sites for hydroxylation is 1. The van der Waals surface area contributed by atoms with Crippen molar-refractivity contribution >= 4 is 17.6 Å². The number of halogens is 1. The van der Waals surface area contributed by atoms with E-state index in [0.717, 1.165) is 17.5 Å². The van der Waals surface area contributed by atoms with E-state index in [1.54, 1.807) is 35.1 Å². The van der Waals surface area contributed by atoms with E-state index in [0.29, 0.717) is 11.6 Å². The van der Waals surface area contributed by atoms with Gasteiger partial charge in [-0.15, -0.1) is 0 Å². The minimum absolute atomic E-state index is 0.598. The molecule has 1 atom stereocenters. The fraction of sp³-hybridized carbons (Fsp3) is 0.333. The number of nitrogens with zero attached hydrogens (tertiary/aromatic N) is 3. The topological polar surface area (TPSA) is 58.4 Å². The average molecular weight is 308 g/mol. The summed E-state index contributed by atoms with van der Waals surface area (Å²) in [5.74, 6) is -0.869. The molecule has 1 heterocycles. The van der Waals surface area contributed by atoms with Crippen LogP contribution in [-0.4, -0.2) is 39.3 Å². The summed E-state index contributed by atoms with van der Waals surface area (Å²) in [6, 6.07) is 6.24. The molecule has 6 heteroatoms. The summed E-state index contributed by atoms with van der Waals surface area (Å²) < 4.78 is 1.74. The number of likely N-dealkylation sites (N-methyl/N-ethyl adjacent to an activating group) is 1. The Labute approximate surface area is 128 Å². The van der Waals surface area contributed by atoms with Gasteiger partial charge < -0.3 is 5.11 Å². The molecule has 0 spiro atoms. The lowest BCUT2D eigenvalue weighted by atomic mass is 10.1. The van der Waals surface area contributed by atoms with Gasteiger partial charge in [0.05, 0.1) is 6.20 Å². The molecular weight excluding hydrogens is 290 g/mol. The fourth-order valence-electron chi connectivity index (χ4n) is 2.27. The third-order valence-corrected chi connectivity index (χ3v) is 3.62. The number of aromatic nitrogens is 2. The van der Waals surface area contributed by atoms with E-state index >= 15 is 0 Å². The van der Waals surface area contributed by atoms with Crippen molar-refractivity contribution in [3.8, 4) is 0 Å². The van der Waals surface area contributed by atoms with Crippen LogP contribution in [0.15, 0.2) is 36.7 Å². The number of hydrogen-bond donors (Lipinski definition) is 1. The molecule has 0 saturated carbocycles. The third-order valence-electron chi connectivity index (χ3n) is 3.37. The van der Waals surface area contributed by atoms with Crippen molar-refractivity contribution in [3.63, 3.8) is 0 Å². The molecule has 0 fully saturated rings. The maximum absolute atomic E-state index is 11.6. The maximum Gasteiger partial charge on any atom is 0.325 e. The van der Waals surface area contributed by atoms with Crippen LogP contribution in [0.5, 0.6) is 0 Å². The van der Waals surface area contributed by atoms with Crippen LogP contribution in [0.25, 0.3) is 0 Å². The number of carboxylic acid groups (broad SMARTS) is 1. The Balaban J connectivity index is 2.07. The quantitative estimate of drug-likeness (QED) is 0.890. The molecule has 0 bridgehead atoms. The second-order valence-corrected chi connectivity index (χ2v) is 5.48. The Morgan fingerprint density at radius 2 is 2.10 bits per heavy atom. The highest BCUT2D eigenvalue weighted by Gasteiger charge is 2.24. The highest BCUT2D eigenvalue weighted by molar-refractivity contribution is 6.30. The van der Waals surface area contributed by atoms with E-state index in [1.807, 2.05) is 25.2 Å². The monoisotopic (exact) mass is 307 g/mol. The number of carbonyl (C=O) groups is 1. The molecule has 112 valence electrons. The first-order valence-electron chi connectivity index (χ1n) is 6.63. The molecular formula is C15H18ClN3O2. The summed E-state index contributed by atoms with van der Waals surface area (Å²) in [6.07, 6.45) is 4.49. The summed E-state index contributed by atoms with van der Waals surface area (Å²) in [4.78, 5) is 13.4. The zero-order valence-electron chi connectivity index (χ0n) is 12.0. The second-order valence-electron chi connectivity index (χ2n) is 5.05.